The molecule has 2 aromatic rings. The van der Waals surface area contributed by atoms with Crippen LogP contribution in [0.25, 0.3) is 11.5 Å². The zero-order valence-electron chi connectivity index (χ0n) is 11.3. The molecule has 0 fully saturated rings. The molecule has 0 atom stereocenters. The number of hydrogen-bond donors (Lipinski definition) is 1. The summed E-state index contributed by atoms with van der Waals surface area (Å²) in [6, 6.07) is 4.37. The van der Waals surface area contributed by atoms with Crippen molar-refractivity contribution in [2.24, 2.45) is 7.05 Å². The number of nitrogens with one attached hydrogen (secondary N) is 1. The second kappa shape index (κ2) is 5.27. The summed E-state index contributed by atoms with van der Waals surface area (Å²) in [6.07, 6.45) is 1.90. The fraction of sp³-hybridized carbons (Fsp3) is 0.462. The van der Waals surface area contributed by atoms with Crippen LogP contribution in [-0.4, -0.2) is 25.8 Å². The molecular formula is C13H19N5. The maximum Gasteiger partial charge on any atom is 0.180 e. The minimum atomic E-state index is 0.443. The van der Waals surface area contributed by atoms with Crippen LogP contribution in [0.5, 0.6) is 0 Å². The van der Waals surface area contributed by atoms with Crippen LogP contribution in [0.15, 0.2) is 18.3 Å². The summed E-state index contributed by atoms with van der Waals surface area (Å²) in [5.41, 5.74) is 2.77. The van der Waals surface area contributed by atoms with Crippen molar-refractivity contribution in [3.63, 3.8) is 0 Å². The quantitative estimate of drug-likeness (QED) is 0.890. The molecule has 0 aliphatic carbocycles. The lowest BCUT2D eigenvalue weighted by atomic mass is 10.3. The van der Waals surface area contributed by atoms with E-state index >= 15 is 0 Å². The first-order valence-electron chi connectivity index (χ1n) is 6.12. The van der Waals surface area contributed by atoms with Crippen LogP contribution in [0.2, 0.25) is 0 Å². The summed E-state index contributed by atoms with van der Waals surface area (Å²) < 4.78 is 1.76. The second-order valence-corrected chi connectivity index (χ2v) is 4.73. The molecule has 0 unspecified atom stereocenters. The van der Waals surface area contributed by atoms with Crippen molar-refractivity contribution >= 4 is 0 Å². The van der Waals surface area contributed by atoms with Gasteiger partial charge in [0.15, 0.2) is 5.82 Å². The van der Waals surface area contributed by atoms with Crippen molar-refractivity contribution in [3.8, 4) is 11.5 Å². The van der Waals surface area contributed by atoms with E-state index in [1.807, 2.05) is 32.3 Å². The van der Waals surface area contributed by atoms with E-state index in [9.17, 15) is 0 Å². The van der Waals surface area contributed by atoms with Crippen LogP contribution >= 0.6 is 0 Å². The number of nitrogens with zero attached hydrogens (tertiary/aromatic N) is 4. The van der Waals surface area contributed by atoms with Crippen LogP contribution in [0.4, 0.5) is 0 Å². The molecule has 0 spiro atoms. The molecule has 96 valence electrons. The molecule has 0 radical (unpaired) electrons. The third kappa shape index (κ3) is 3.13. The van der Waals surface area contributed by atoms with Crippen LogP contribution in [0.1, 0.15) is 25.2 Å². The van der Waals surface area contributed by atoms with Gasteiger partial charge in [-0.15, -0.1) is 0 Å². The zero-order valence-corrected chi connectivity index (χ0v) is 11.3. The van der Waals surface area contributed by atoms with E-state index in [2.05, 4.69) is 34.2 Å². The molecule has 0 aliphatic rings. The van der Waals surface area contributed by atoms with Gasteiger partial charge in [0.25, 0.3) is 0 Å². The standard InChI is InChI=1S/C13H19N5/c1-9(2)14-8-11-7-10(3)15-13(16-11)12-5-6-18(4)17-12/h5-7,9,14H,8H2,1-4H3. The highest BCUT2D eigenvalue weighted by molar-refractivity contribution is 5.48. The van der Waals surface area contributed by atoms with Crippen molar-refractivity contribution in [1.29, 1.82) is 0 Å². The lowest BCUT2D eigenvalue weighted by Gasteiger charge is -2.08. The molecule has 0 amide bonds. The summed E-state index contributed by atoms with van der Waals surface area (Å²) in [6.45, 7) is 6.97. The van der Waals surface area contributed by atoms with Gasteiger partial charge < -0.3 is 5.32 Å². The summed E-state index contributed by atoms with van der Waals surface area (Å²) in [7, 11) is 1.89. The highest BCUT2D eigenvalue weighted by Gasteiger charge is 2.07. The summed E-state index contributed by atoms with van der Waals surface area (Å²) in [5.74, 6) is 0.691. The molecule has 5 heteroatoms. The van der Waals surface area contributed by atoms with Gasteiger partial charge in [0.2, 0.25) is 0 Å². The molecule has 18 heavy (non-hydrogen) atoms. The maximum absolute atomic E-state index is 4.54. The predicted octanol–water partition coefficient (Wildman–Crippen LogP) is 1.68. The van der Waals surface area contributed by atoms with E-state index in [0.717, 1.165) is 23.6 Å². The lowest BCUT2D eigenvalue weighted by molar-refractivity contribution is 0.580. The van der Waals surface area contributed by atoms with Gasteiger partial charge in [-0.1, -0.05) is 13.8 Å². The Balaban J connectivity index is 2.26. The van der Waals surface area contributed by atoms with Crippen molar-refractivity contribution in [2.45, 2.75) is 33.4 Å². The van der Waals surface area contributed by atoms with Crippen LogP contribution in [-0.2, 0) is 13.6 Å². The van der Waals surface area contributed by atoms with Gasteiger partial charge >= 0.3 is 0 Å². The molecule has 5 nitrogen and oxygen atoms in total. The number of rotatable bonds is 4. The predicted molar refractivity (Wildman–Crippen MR) is 70.9 cm³/mol. The molecule has 0 saturated carbocycles. The van der Waals surface area contributed by atoms with Gasteiger partial charge in [-0.05, 0) is 19.1 Å². The smallest absolute Gasteiger partial charge is 0.180 e. The maximum atomic E-state index is 4.54. The van der Waals surface area contributed by atoms with Crippen molar-refractivity contribution < 1.29 is 0 Å². The van der Waals surface area contributed by atoms with Crippen molar-refractivity contribution in [2.75, 3.05) is 0 Å². The first-order chi connectivity index (χ1) is 8.54. The zero-order chi connectivity index (χ0) is 13.1. The topological polar surface area (TPSA) is 55.6 Å². The fourth-order valence-corrected chi connectivity index (χ4v) is 1.68. The Kier molecular flexibility index (Phi) is 3.72. The third-order valence-corrected chi connectivity index (χ3v) is 2.54. The van der Waals surface area contributed by atoms with Crippen LogP contribution < -0.4 is 5.32 Å². The molecule has 0 aliphatic heterocycles. The normalized spacial score (nSPS) is 11.2. The fourth-order valence-electron chi connectivity index (χ4n) is 1.68. The number of aryl methyl sites for hydroxylation is 2. The lowest BCUT2D eigenvalue weighted by Crippen LogP contribution is -2.22. The second-order valence-electron chi connectivity index (χ2n) is 4.73. The van der Waals surface area contributed by atoms with Gasteiger partial charge in [0, 0.05) is 31.5 Å². The van der Waals surface area contributed by atoms with Gasteiger partial charge in [-0.2, -0.15) is 5.10 Å². The van der Waals surface area contributed by atoms with Crippen LogP contribution in [0.3, 0.4) is 0 Å². The average Bonchev–Trinajstić information content (AvgIpc) is 2.72. The first kappa shape index (κ1) is 12.7. The van der Waals surface area contributed by atoms with E-state index in [-0.39, 0.29) is 0 Å². The molecule has 2 aromatic heterocycles. The summed E-state index contributed by atoms with van der Waals surface area (Å²) in [5, 5.41) is 7.69. The van der Waals surface area contributed by atoms with E-state index in [1.165, 1.54) is 0 Å². The molecular weight excluding hydrogens is 226 g/mol. The van der Waals surface area contributed by atoms with Crippen molar-refractivity contribution in [1.82, 2.24) is 25.1 Å². The minimum Gasteiger partial charge on any atom is -0.309 e. The third-order valence-electron chi connectivity index (χ3n) is 2.54. The molecule has 1 N–H and O–H groups in total. The highest BCUT2D eigenvalue weighted by Crippen LogP contribution is 2.13. The number of aromatic nitrogens is 4. The number of hydrogen-bond acceptors (Lipinski definition) is 4. The molecule has 0 aromatic carbocycles. The molecule has 2 heterocycles. The molecule has 0 bridgehead atoms. The summed E-state index contributed by atoms with van der Waals surface area (Å²) >= 11 is 0. The van der Waals surface area contributed by atoms with Gasteiger partial charge in [-0.25, -0.2) is 9.97 Å². The van der Waals surface area contributed by atoms with Crippen LogP contribution in [0, 0.1) is 6.92 Å². The van der Waals surface area contributed by atoms with Gasteiger partial charge in [0.05, 0.1) is 5.69 Å². The SMILES string of the molecule is Cc1cc(CNC(C)C)nc(-c2ccn(C)n2)n1. The first-order valence-corrected chi connectivity index (χ1v) is 6.12. The Morgan fingerprint density at radius 3 is 2.72 bits per heavy atom. The Hall–Kier alpha value is -1.75. The Bertz CT molecular complexity index is 530. The van der Waals surface area contributed by atoms with E-state index in [4.69, 9.17) is 0 Å². The Morgan fingerprint density at radius 1 is 1.33 bits per heavy atom. The molecule has 0 saturated heterocycles. The van der Waals surface area contributed by atoms with Gasteiger partial charge in [0.1, 0.15) is 5.69 Å². The monoisotopic (exact) mass is 245 g/mol. The molecule has 2 rings (SSSR count). The van der Waals surface area contributed by atoms with E-state index in [0.29, 0.717) is 11.9 Å². The minimum absolute atomic E-state index is 0.443. The summed E-state index contributed by atoms with van der Waals surface area (Å²) in [4.78, 5) is 8.97. The highest BCUT2D eigenvalue weighted by atomic mass is 15.3. The average molecular weight is 245 g/mol. The largest absolute Gasteiger partial charge is 0.309 e. The van der Waals surface area contributed by atoms with Crippen molar-refractivity contribution in [3.05, 3.63) is 29.7 Å². The van der Waals surface area contributed by atoms with E-state index in [1.54, 1.807) is 4.68 Å². The Labute approximate surface area is 107 Å². The van der Waals surface area contributed by atoms with Gasteiger partial charge in [-0.3, -0.25) is 4.68 Å². The van der Waals surface area contributed by atoms with E-state index < -0.39 is 0 Å². The Morgan fingerprint density at radius 2 is 2.11 bits per heavy atom.